The van der Waals surface area contributed by atoms with Gasteiger partial charge in [0.05, 0.1) is 12.3 Å². The summed E-state index contributed by atoms with van der Waals surface area (Å²) in [4.78, 5) is 14.0. The van der Waals surface area contributed by atoms with Crippen LogP contribution in [0.25, 0.3) is 0 Å². The molecule has 0 aliphatic heterocycles. The molecule has 0 aromatic heterocycles. The lowest BCUT2D eigenvalue weighted by Crippen LogP contribution is -2.42. The molecule has 0 aliphatic carbocycles. The number of sulfone groups is 1. The molecule has 0 radical (unpaired) electrons. The fraction of sp³-hybridized carbons (Fsp3) is 0.588. The van der Waals surface area contributed by atoms with Gasteiger partial charge in [0.1, 0.15) is 9.84 Å². The van der Waals surface area contributed by atoms with Crippen LogP contribution in [0, 0.1) is 0 Å². The SMILES string of the molecule is CCN(CC(=O)Nc1ccc(C(C)C)cc1)[C@H](C)CS(C)(=O)=O. The van der Waals surface area contributed by atoms with Gasteiger partial charge in [-0.25, -0.2) is 8.42 Å². The third-order valence-corrected chi connectivity index (χ3v) is 4.87. The van der Waals surface area contributed by atoms with Gasteiger partial charge in [-0.3, -0.25) is 9.69 Å². The van der Waals surface area contributed by atoms with E-state index in [-0.39, 0.29) is 24.2 Å². The highest BCUT2D eigenvalue weighted by molar-refractivity contribution is 7.90. The third kappa shape index (κ3) is 7.14. The van der Waals surface area contributed by atoms with Gasteiger partial charge < -0.3 is 5.32 Å². The van der Waals surface area contributed by atoms with E-state index < -0.39 is 9.84 Å². The first-order valence-electron chi connectivity index (χ1n) is 7.94. The average molecular weight is 340 g/mol. The van der Waals surface area contributed by atoms with Crippen molar-refractivity contribution in [2.24, 2.45) is 0 Å². The van der Waals surface area contributed by atoms with Crippen molar-refractivity contribution in [3.8, 4) is 0 Å². The average Bonchev–Trinajstić information content (AvgIpc) is 2.43. The largest absolute Gasteiger partial charge is 0.325 e. The van der Waals surface area contributed by atoms with Crippen LogP contribution in [0.4, 0.5) is 5.69 Å². The van der Waals surface area contributed by atoms with Gasteiger partial charge >= 0.3 is 0 Å². The minimum absolute atomic E-state index is 0.0528. The zero-order valence-electron chi connectivity index (χ0n) is 14.7. The predicted octanol–water partition coefficient (Wildman–Crippen LogP) is 2.50. The second-order valence-corrected chi connectivity index (χ2v) is 8.51. The zero-order chi connectivity index (χ0) is 17.6. The monoisotopic (exact) mass is 340 g/mol. The Labute approximate surface area is 140 Å². The Morgan fingerprint density at radius 1 is 1.17 bits per heavy atom. The minimum atomic E-state index is -3.06. The Balaban J connectivity index is 2.63. The Bertz CT molecular complexity index is 609. The number of hydrogen-bond acceptors (Lipinski definition) is 4. The van der Waals surface area contributed by atoms with Crippen LogP contribution in [-0.4, -0.2) is 50.4 Å². The number of rotatable bonds is 8. The number of nitrogens with one attached hydrogen (secondary N) is 1. The van der Waals surface area contributed by atoms with Gasteiger partial charge in [-0.1, -0.05) is 32.9 Å². The van der Waals surface area contributed by atoms with E-state index in [2.05, 4.69) is 19.2 Å². The van der Waals surface area contributed by atoms with E-state index in [0.717, 1.165) is 5.69 Å². The molecule has 1 amide bonds. The standard InChI is InChI=1S/C17H28N2O3S/c1-6-19(14(4)12-23(5,21)22)11-17(20)18-16-9-7-15(8-10-16)13(2)3/h7-10,13-14H,6,11-12H2,1-5H3,(H,18,20)/t14-/m1/s1. The summed E-state index contributed by atoms with van der Waals surface area (Å²) in [6, 6.07) is 7.60. The lowest BCUT2D eigenvalue weighted by molar-refractivity contribution is -0.117. The number of carbonyl (C=O) groups excluding carboxylic acids is 1. The van der Waals surface area contributed by atoms with Gasteiger partial charge in [0.2, 0.25) is 5.91 Å². The topological polar surface area (TPSA) is 66.5 Å². The van der Waals surface area contributed by atoms with E-state index >= 15 is 0 Å². The highest BCUT2D eigenvalue weighted by Gasteiger charge is 2.19. The van der Waals surface area contributed by atoms with Crippen LogP contribution in [0.15, 0.2) is 24.3 Å². The van der Waals surface area contributed by atoms with E-state index in [1.54, 1.807) is 0 Å². The first kappa shape index (κ1) is 19.6. The summed E-state index contributed by atoms with van der Waals surface area (Å²) in [5, 5.41) is 2.86. The molecule has 0 saturated heterocycles. The summed E-state index contributed by atoms with van der Waals surface area (Å²) >= 11 is 0. The van der Waals surface area contributed by atoms with Gasteiger partial charge in [-0.2, -0.15) is 0 Å². The van der Waals surface area contributed by atoms with Crippen molar-refractivity contribution < 1.29 is 13.2 Å². The van der Waals surface area contributed by atoms with E-state index in [9.17, 15) is 13.2 Å². The van der Waals surface area contributed by atoms with Crippen molar-refractivity contribution in [1.82, 2.24) is 4.90 Å². The van der Waals surface area contributed by atoms with Gasteiger partial charge in [-0.05, 0) is 37.1 Å². The number of likely N-dealkylation sites (N-methyl/N-ethyl adjacent to an activating group) is 1. The van der Waals surface area contributed by atoms with Crippen molar-refractivity contribution in [3.63, 3.8) is 0 Å². The highest BCUT2D eigenvalue weighted by atomic mass is 32.2. The van der Waals surface area contributed by atoms with E-state index in [4.69, 9.17) is 0 Å². The molecular formula is C17H28N2O3S. The molecular weight excluding hydrogens is 312 g/mol. The van der Waals surface area contributed by atoms with Crippen molar-refractivity contribution in [1.29, 1.82) is 0 Å². The fourth-order valence-corrected chi connectivity index (χ4v) is 3.55. The number of nitrogens with zero attached hydrogens (tertiary/aromatic N) is 1. The Hall–Kier alpha value is -1.40. The molecule has 23 heavy (non-hydrogen) atoms. The van der Waals surface area contributed by atoms with E-state index in [0.29, 0.717) is 12.5 Å². The Morgan fingerprint density at radius 3 is 2.17 bits per heavy atom. The molecule has 0 spiro atoms. The number of anilines is 1. The zero-order valence-corrected chi connectivity index (χ0v) is 15.5. The van der Waals surface area contributed by atoms with E-state index in [1.807, 2.05) is 43.0 Å². The maximum absolute atomic E-state index is 12.2. The second-order valence-electron chi connectivity index (χ2n) is 6.33. The van der Waals surface area contributed by atoms with Gasteiger partial charge in [0.25, 0.3) is 0 Å². The first-order chi connectivity index (χ1) is 10.6. The summed E-state index contributed by atoms with van der Waals surface area (Å²) < 4.78 is 22.8. The fourth-order valence-electron chi connectivity index (χ4n) is 2.46. The normalized spacial score (nSPS) is 13.3. The summed E-state index contributed by atoms with van der Waals surface area (Å²) in [5.41, 5.74) is 1.98. The summed E-state index contributed by atoms with van der Waals surface area (Å²) in [6.45, 7) is 8.79. The predicted molar refractivity (Wildman–Crippen MR) is 95.6 cm³/mol. The number of amides is 1. The molecule has 0 unspecified atom stereocenters. The van der Waals surface area contributed by atoms with Crippen molar-refractivity contribution in [3.05, 3.63) is 29.8 Å². The second kappa shape index (κ2) is 8.45. The maximum atomic E-state index is 12.2. The molecule has 0 saturated carbocycles. The maximum Gasteiger partial charge on any atom is 0.238 e. The molecule has 0 bridgehead atoms. The number of carbonyl (C=O) groups is 1. The molecule has 6 heteroatoms. The number of hydrogen-bond donors (Lipinski definition) is 1. The molecule has 1 atom stereocenters. The molecule has 0 aliphatic rings. The van der Waals surface area contributed by atoms with E-state index in [1.165, 1.54) is 11.8 Å². The first-order valence-corrected chi connectivity index (χ1v) is 10.00. The van der Waals surface area contributed by atoms with Gasteiger partial charge in [0.15, 0.2) is 0 Å². The summed E-state index contributed by atoms with van der Waals surface area (Å²) in [5.74, 6) is 0.369. The molecule has 0 heterocycles. The summed E-state index contributed by atoms with van der Waals surface area (Å²) in [6.07, 6.45) is 1.22. The van der Waals surface area contributed by atoms with Gasteiger partial charge in [-0.15, -0.1) is 0 Å². The van der Waals surface area contributed by atoms with Crippen molar-refractivity contribution in [2.75, 3.05) is 30.4 Å². The van der Waals surface area contributed by atoms with Crippen LogP contribution in [-0.2, 0) is 14.6 Å². The lowest BCUT2D eigenvalue weighted by atomic mass is 10.0. The smallest absolute Gasteiger partial charge is 0.238 e. The highest BCUT2D eigenvalue weighted by Crippen LogP contribution is 2.17. The van der Waals surface area contributed by atoms with Crippen LogP contribution in [0.5, 0.6) is 0 Å². The van der Waals surface area contributed by atoms with Crippen molar-refractivity contribution in [2.45, 2.75) is 39.7 Å². The number of benzene rings is 1. The Morgan fingerprint density at radius 2 is 1.74 bits per heavy atom. The summed E-state index contributed by atoms with van der Waals surface area (Å²) in [7, 11) is -3.06. The van der Waals surface area contributed by atoms with Crippen LogP contribution in [0.1, 0.15) is 39.2 Å². The van der Waals surface area contributed by atoms with Gasteiger partial charge in [0, 0.05) is 18.0 Å². The quantitative estimate of drug-likeness (QED) is 0.789. The third-order valence-electron chi connectivity index (χ3n) is 3.78. The molecule has 1 N–H and O–H groups in total. The van der Waals surface area contributed by atoms with Crippen molar-refractivity contribution >= 4 is 21.4 Å². The molecule has 5 nitrogen and oxygen atoms in total. The van der Waals surface area contributed by atoms with Crippen LogP contribution in [0.3, 0.4) is 0 Å². The minimum Gasteiger partial charge on any atom is -0.325 e. The molecule has 130 valence electrons. The van der Waals surface area contributed by atoms with Crippen LogP contribution < -0.4 is 5.32 Å². The van der Waals surface area contributed by atoms with Crippen LogP contribution >= 0.6 is 0 Å². The molecule has 1 aromatic carbocycles. The molecule has 1 aromatic rings. The lowest BCUT2D eigenvalue weighted by Gasteiger charge is -2.26. The molecule has 1 rings (SSSR count). The Kier molecular flexibility index (Phi) is 7.22. The van der Waals surface area contributed by atoms with Crippen LogP contribution in [0.2, 0.25) is 0 Å². The molecule has 0 fully saturated rings.